The zero-order valence-corrected chi connectivity index (χ0v) is 28.4. The Morgan fingerprint density at radius 1 is 0.741 bits per heavy atom. The van der Waals surface area contributed by atoms with Crippen LogP contribution in [-0.2, 0) is 27.7 Å². The van der Waals surface area contributed by atoms with Gasteiger partial charge in [0.25, 0.3) is 5.91 Å². The molecule has 54 heavy (non-hydrogen) atoms. The molecular formula is C38H33F10NO5. The second kappa shape index (κ2) is 17.7. The maximum absolute atomic E-state index is 15.2. The first-order valence-electron chi connectivity index (χ1n) is 16.4. The third kappa shape index (κ3) is 10.9. The van der Waals surface area contributed by atoms with Gasteiger partial charge in [-0.15, -0.1) is 0 Å². The van der Waals surface area contributed by atoms with Gasteiger partial charge in [0.05, 0.1) is 24.3 Å². The number of hydrogen-bond acceptors (Lipinski definition) is 5. The van der Waals surface area contributed by atoms with E-state index in [9.17, 15) is 49.1 Å². The van der Waals surface area contributed by atoms with Gasteiger partial charge in [-0.05, 0) is 97.5 Å². The first-order chi connectivity index (χ1) is 25.4. The summed E-state index contributed by atoms with van der Waals surface area (Å²) in [5.74, 6) is -6.11. The summed E-state index contributed by atoms with van der Waals surface area (Å²) in [5, 5.41) is 2.50. The number of unbranched alkanes of at least 4 members (excludes halogenated alkanes) is 2. The number of alkyl halides is 7. The number of rotatable bonds is 17. The van der Waals surface area contributed by atoms with Crippen LogP contribution in [0.1, 0.15) is 65.2 Å². The Labute approximate surface area is 303 Å². The van der Waals surface area contributed by atoms with E-state index in [1.54, 1.807) is 6.92 Å². The predicted octanol–water partition coefficient (Wildman–Crippen LogP) is 9.78. The molecule has 0 aliphatic rings. The van der Waals surface area contributed by atoms with E-state index in [1.165, 1.54) is 24.3 Å². The van der Waals surface area contributed by atoms with Gasteiger partial charge in [-0.2, -0.15) is 30.7 Å². The molecule has 4 aromatic carbocycles. The highest BCUT2D eigenvalue weighted by atomic mass is 19.4. The van der Waals surface area contributed by atoms with E-state index in [2.05, 4.69) is 10.1 Å². The van der Waals surface area contributed by atoms with E-state index in [1.807, 2.05) is 0 Å². The first kappa shape index (κ1) is 41.5. The lowest BCUT2D eigenvalue weighted by Gasteiger charge is -2.37. The summed E-state index contributed by atoms with van der Waals surface area (Å²) in [6.45, 7) is 2.25. The molecule has 1 amide bonds. The highest BCUT2D eigenvalue weighted by Crippen LogP contribution is 2.39. The Hall–Kier alpha value is -5.28. The van der Waals surface area contributed by atoms with E-state index in [0.29, 0.717) is 48.8 Å². The molecule has 4 aromatic rings. The third-order valence-electron chi connectivity index (χ3n) is 8.06. The number of benzene rings is 4. The van der Waals surface area contributed by atoms with Crippen molar-refractivity contribution in [2.75, 3.05) is 13.2 Å². The Morgan fingerprint density at radius 3 is 2.06 bits per heavy atom. The molecular weight excluding hydrogens is 740 g/mol. The molecule has 0 saturated carbocycles. The molecule has 4 rings (SSSR count). The highest BCUT2D eigenvalue weighted by molar-refractivity contribution is 5.95. The van der Waals surface area contributed by atoms with Crippen LogP contribution in [0.5, 0.6) is 11.5 Å². The number of hydrogen-bond donors (Lipinski definition) is 1. The largest absolute Gasteiger partial charge is 0.494 e. The van der Waals surface area contributed by atoms with E-state index in [-0.39, 0.29) is 37.2 Å². The normalized spacial score (nSPS) is 13.0. The molecule has 1 N–H and O–H groups in total. The van der Waals surface area contributed by atoms with Crippen LogP contribution < -0.4 is 14.8 Å². The molecule has 1 unspecified atom stereocenters. The van der Waals surface area contributed by atoms with Crippen LogP contribution in [0.4, 0.5) is 43.9 Å². The highest BCUT2D eigenvalue weighted by Gasteiger charge is 2.45. The smallest absolute Gasteiger partial charge is 0.461 e. The summed E-state index contributed by atoms with van der Waals surface area (Å²) < 4.78 is 153. The van der Waals surface area contributed by atoms with E-state index in [0.717, 1.165) is 36.4 Å². The molecule has 0 bridgehead atoms. The van der Waals surface area contributed by atoms with Gasteiger partial charge in [-0.25, -0.2) is 13.2 Å². The molecule has 0 aliphatic carbocycles. The van der Waals surface area contributed by atoms with Gasteiger partial charge >= 0.3 is 24.7 Å². The van der Waals surface area contributed by atoms with Gasteiger partial charge in [-0.1, -0.05) is 24.3 Å². The van der Waals surface area contributed by atoms with Crippen molar-refractivity contribution in [2.45, 2.75) is 63.3 Å². The summed E-state index contributed by atoms with van der Waals surface area (Å²) >= 11 is 0. The number of ether oxygens (including phenoxy) is 3. The number of carbonyl (C=O) groups is 2. The van der Waals surface area contributed by atoms with Crippen molar-refractivity contribution in [3.63, 3.8) is 0 Å². The van der Waals surface area contributed by atoms with Crippen LogP contribution >= 0.6 is 0 Å². The molecule has 1 atom stereocenters. The van der Waals surface area contributed by atoms with E-state index < -0.39 is 76.5 Å². The van der Waals surface area contributed by atoms with Crippen LogP contribution in [0.3, 0.4) is 0 Å². The molecule has 0 spiro atoms. The van der Waals surface area contributed by atoms with Crippen molar-refractivity contribution in [1.29, 1.82) is 0 Å². The summed E-state index contributed by atoms with van der Waals surface area (Å²) in [7, 11) is 0. The Morgan fingerprint density at radius 2 is 1.43 bits per heavy atom. The summed E-state index contributed by atoms with van der Waals surface area (Å²) in [6.07, 6.45) is -13.0. The molecule has 0 heterocycles. The van der Waals surface area contributed by atoms with Gasteiger partial charge in [0.2, 0.25) is 0 Å². The predicted molar refractivity (Wildman–Crippen MR) is 175 cm³/mol. The van der Waals surface area contributed by atoms with Crippen LogP contribution in [0.25, 0.3) is 0 Å². The molecule has 16 heteroatoms. The van der Waals surface area contributed by atoms with Crippen molar-refractivity contribution in [1.82, 2.24) is 5.32 Å². The lowest BCUT2D eigenvalue weighted by Crippen LogP contribution is -2.49. The van der Waals surface area contributed by atoms with Crippen LogP contribution in [0.2, 0.25) is 0 Å². The van der Waals surface area contributed by atoms with Crippen LogP contribution in [-0.4, -0.2) is 37.6 Å². The molecule has 290 valence electrons. The monoisotopic (exact) mass is 773 g/mol. The van der Waals surface area contributed by atoms with Crippen molar-refractivity contribution < 1.29 is 67.7 Å². The Kier molecular flexibility index (Phi) is 13.6. The van der Waals surface area contributed by atoms with Gasteiger partial charge in [-0.3, -0.25) is 9.59 Å². The molecule has 0 fully saturated rings. The summed E-state index contributed by atoms with van der Waals surface area (Å²) in [4.78, 5) is 25.3. The third-order valence-corrected chi connectivity index (χ3v) is 8.06. The lowest BCUT2D eigenvalue weighted by molar-refractivity contribution is -0.253. The average molecular weight is 774 g/mol. The fraction of sp³-hybridized carbons (Fsp3) is 0.316. The fourth-order valence-electron chi connectivity index (χ4n) is 5.49. The standard InChI is InChI=1S/C38H33F10NO5/c1-2-52-33(50)6-4-3-5-17-53-29-14-7-23(8-15-29)22-36(25-10-12-27(39)13-11-25,26-19-28(40)21-30(20-26)54-38(47,48)35(42)43)49-34(51)24-9-16-32(41)31(18-24)37(44,45)46/h7-16,18-21,35H,2-6,17,22H2,1H3,(H,49,51). The number of carbonyl (C=O) groups excluding carboxylic acids is 2. The van der Waals surface area contributed by atoms with Crippen molar-refractivity contribution >= 4 is 11.9 Å². The first-order valence-corrected chi connectivity index (χ1v) is 16.4. The summed E-state index contributed by atoms with van der Waals surface area (Å²) in [6, 6.07) is 13.3. The zero-order valence-electron chi connectivity index (χ0n) is 28.4. The van der Waals surface area contributed by atoms with Crippen molar-refractivity contribution in [2.24, 2.45) is 0 Å². The Bertz CT molecular complexity index is 1890. The van der Waals surface area contributed by atoms with E-state index >= 15 is 4.39 Å². The van der Waals surface area contributed by atoms with Crippen LogP contribution in [0, 0.1) is 17.5 Å². The second-order valence-electron chi connectivity index (χ2n) is 12.0. The minimum atomic E-state index is -5.22. The topological polar surface area (TPSA) is 73.9 Å². The number of halogens is 10. The molecule has 0 saturated heterocycles. The van der Waals surface area contributed by atoms with Crippen molar-refractivity contribution in [3.05, 3.63) is 130 Å². The minimum Gasteiger partial charge on any atom is -0.494 e. The number of amides is 1. The zero-order chi connectivity index (χ0) is 39.7. The van der Waals surface area contributed by atoms with Gasteiger partial charge < -0.3 is 19.5 Å². The Balaban J connectivity index is 1.76. The van der Waals surface area contributed by atoms with E-state index in [4.69, 9.17) is 9.47 Å². The lowest BCUT2D eigenvalue weighted by atomic mass is 9.77. The van der Waals surface area contributed by atoms with Gasteiger partial charge in [0, 0.05) is 24.5 Å². The maximum atomic E-state index is 15.2. The number of nitrogens with one attached hydrogen (secondary N) is 1. The molecule has 6 nitrogen and oxygen atoms in total. The fourth-order valence-corrected chi connectivity index (χ4v) is 5.49. The van der Waals surface area contributed by atoms with Crippen molar-refractivity contribution in [3.8, 4) is 11.5 Å². The van der Waals surface area contributed by atoms with Gasteiger partial charge in [0.1, 0.15) is 29.0 Å². The molecule has 0 aliphatic heterocycles. The SMILES string of the molecule is CCOC(=O)CCCCCOc1ccc(CC(NC(=O)c2ccc(F)c(C(F)(F)F)c2)(c2ccc(F)cc2)c2cc(F)cc(OC(F)(F)C(F)F)c2)cc1. The molecule has 0 radical (unpaired) electrons. The minimum absolute atomic E-state index is 0.0595. The van der Waals surface area contributed by atoms with Crippen LogP contribution in [0.15, 0.2) is 84.9 Å². The quantitative estimate of drug-likeness (QED) is 0.0658. The molecule has 0 aromatic heterocycles. The maximum Gasteiger partial charge on any atom is 0.461 e. The average Bonchev–Trinajstić information content (AvgIpc) is 3.09. The second-order valence-corrected chi connectivity index (χ2v) is 12.0. The number of esters is 1. The summed E-state index contributed by atoms with van der Waals surface area (Å²) in [5.41, 5.74) is -4.84. The van der Waals surface area contributed by atoms with Gasteiger partial charge in [0.15, 0.2) is 0 Å².